The highest BCUT2D eigenvalue weighted by atomic mass is 16.2. The topological polar surface area (TPSA) is 81.8 Å². The zero-order chi connectivity index (χ0) is 19.9. The van der Waals surface area contributed by atoms with Crippen LogP contribution < -0.4 is 10.6 Å². The van der Waals surface area contributed by atoms with Crippen molar-refractivity contribution in [3.63, 3.8) is 0 Å². The van der Waals surface area contributed by atoms with Crippen LogP contribution >= 0.6 is 0 Å². The van der Waals surface area contributed by atoms with Crippen LogP contribution in [0.15, 0.2) is 0 Å². The standard InChI is InChI=1S/C19H36N4O3/c1-13(2)19(26)23(10-9-17-8-7-14(3)22(17)6)11-16(12-24)21-18(25)15(4)20-5/h12-17,20H,7-11H2,1-6H3,(H,21,25)/t14?,15?,16?,17-/m1/s1. The summed E-state index contributed by atoms with van der Waals surface area (Å²) >= 11 is 0. The summed E-state index contributed by atoms with van der Waals surface area (Å²) in [6, 6.07) is -0.0538. The van der Waals surface area contributed by atoms with Crippen LogP contribution in [0.5, 0.6) is 0 Å². The van der Waals surface area contributed by atoms with Crippen molar-refractivity contribution < 1.29 is 14.4 Å². The number of aldehydes is 1. The number of likely N-dealkylation sites (tertiary alicyclic amines) is 1. The van der Waals surface area contributed by atoms with Gasteiger partial charge in [-0.2, -0.15) is 0 Å². The molecule has 1 aliphatic rings. The van der Waals surface area contributed by atoms with Crippen LogP contribution in [-0.2, 0) is 14.4 Å². The molecule has 0 aromatic heterocycles. The van der Waals surface area contributed by atoms with Gasteiger partial charge >= 0.3 is 0 Å². The molecule has 0 aromatic rings. The minimum atomic E-state index is -0.693. The Balaban J connectivity index is 2.71. The van der Waals surface area contributed by atoms with Gasteiger partial charge in [0.1, 0.15) is 12.3 Å². The van der Waals surface area contributed by atoms with Crippen LogP contribution in [0.4, 0.5) is 0 Å². The van der Waals surface area contributed by atoms with Gasteiger partial charge in [0, 0.05) is 31.1 Å². The van der Waals surface area contributed by atoms with Crippen LogP contribution in [0.2, 0.25) is 0 Å². The molecule has 3 unspecified atom stereocenters. The third-order valence-corrected chi connectivity index (χ3v) is 5.46. The Morgan fingerprint density at radius 3 is 2.38 bits per heavy atom. The lowest BCUT2D eigenvalue weighted by atomic mass is 10.1. The van der Waals surface area contributed by atoms with E-state index in [1.165, 1.54) is 6.42 Å². The highest BCUT2D eigenvalue weighted by Gasteiger charge is 2.29. The van der Waals surface area contributed by atoms with Crippen LogP contribution in [0.25, 0.3) is 0 Å². The van der Waals surface area contributed by atoms with Crippen LogP contribution in [-0.4, -0.2) is 79.3 Å². The molecule has 26 heavy (non-hydrogen) atoms. The Morgan fingerprint density at radius 1 is 1.27 bits per heavy atom. The fourth-order valence-corrected chi connectivity index (χ4v) is 3.31. The molecule has 1 rings (SSSR count). The number of hydrogen-bond donors (Lipinski definition) is 2. The molecule has 2 amide bonds. The lowest BCUT2D eigenvalue weighted by molar-refractivity contribution is -0.136. The first-order chi connectivity index (χ1) is 12.2. The first kappa shape index (κ1) is 22.6. The van der Waals surface area contributed by atoms with E-state index in [0.29, 0.717) is 24.9 Å². The van der Waals surface area contributed by atoms with Gasteiger partial charge in [0.2, 0.25) is 11.8 Å². The summed E-state index contributed by atoms with van der Waals surface area (Å²) in [7, 11) is 3.82. The van der Waals surface area contributed by atoms with E-state index in [2.05, 4.69) is 29.5 Å². The van der Waals surface area contributed by atoms with Gasteiger partial charge in [0.15, 0.2) is 0 Å². The minimum Gasteiger partial charge on any atom is -0.343 e. The van der Waals surface area contributed by atoms with Crippen molar-refractivity contribution in [3.8, 4) is 0 Å². The SMILES string of the molecule is CNC(C)C(=O)NC(C=O)CN(CC[C@H]1CCC(C)N1C)C(=O)C(C)C. The number of carbonyl (C=O) groups excluding carboxylic acids is 3. The Bertz CT molecular complexity index is 483. The zero-order valence-corrected chi connectivity index (χ0v) is 17.1. The van der Waals surface area contributed by atoms with E-state index in [1.54, 1.807) is 18.9 Å². The van der Waals surface area contributed by atoms with Crippen LogP contribution in [0.1, 0.15) is 47.0 Å². The largest absolute Gasteiger partial charge is 0.343 e. The summed E-state index contributed by atoms with van der Waals surface area (Å²) in [5.74, 6) is -0.373. The Morgan fingerprint density at radius 2 is 1.92 bits per heavy atom. The minimum absolute atomic E-state index is 0.0152. The molecule has 1 fully saturated rings. The predicted octanol–water partition coefficient (Wildman–Crippen LogP) is 0.635. The maximum Gasteiger partial charge on any atom is 0.237 e. The molecule has 0 aromatic carbocycles. The average molecular weight is 369 g/mol. The number of hydrogen-bond acceptors (Lipinski definition) is 5. The van der Waals surface area contributed by atoms with Gasteiger partial charge in [-0.1, -0.05) is 13.8 Å². The number of nitrogens with one attached hydrogen (secondary N) is 2. The molecule has 150 valence electrons. The van der Waals surface area contributed by atoms with E-state index in [9.17, 15) is 14.4 Å². The van der Waals surface area contributed by atoms with Gasteiger partial charge in [-0.3, -0.25) is 9.59 Å². The van der Waals surface area contributed by atoms with Crippen molar-refractivity contribution in [1.82, 2.24) is 20.4 Å². The summed E-state index contributed by atoms with van der Waals surface area (Å²) in [5.41, 5.74) is 0. The van der Waals surface area contributed by atoms with Crippen LogP contribution in [0, 0.1) is 5.92 Å². The molecule has 4 atom stereocenters. The summed E-state index contributed by atoms with van der Waals surface area (Å²) in [6.45, 7) is 8.48. The second kappa shape index (κ2) is 10.6. The van der Waals surface area contributed by atoms with E-state index >= 15 is 0 Å². The monoisotopic (exact) mass is 368 g/mol. The molecule has 1 heterocycles. The normalized spacial score (nSPS) is 22.9. The summed E-state index contributed by atoms with van der Waals surface area (Å²) in [5, 5.41) is 5.56. The van der Waals surface area contributed by atoms with Gasteiger partial charge in [-0.15, -0.1) is 0 Å². The van der Waals surface area contributed by atoms with Gasteiger partial charge < -0.3 is 25.2 Å². The maximum absolute atomic E-state index is 12.6. The lowest BCUT2D eigenvalue weighted by Gasteiger charge is -2.30. The molecular formula is C19H36N4O3. The number of rotatable bonds is 10. The van der Waals surface area contributed by atoms with E-state index in [4.69, 9.17) is 0 Å². The highest BCUT2D eigenvalue weighted by Crippen LogP contribution is 2.24. The molecule has 1 aliphatic heterocycles. The molecule has 0 bridgehead atoms. The van der Waals surface area contributed by atoms with Crippen molar-refractivity contribution in [3.05, 3.63) is 0 Å². The molecule has 0 radical (unpaired) electrons. The van der Waals surface area contributed by atoms with Crippen molar-refractivity contribution in [1.29, 1.82) is 0 Å². The maximum atomic E-state index is 12.6. The molecular weight excluding hydrogens is 332 g/mol. The van der Waals surface area contributed by atoms with Crippen molar-refractivity contribution in [2.24, 2.45) is 5.92 Å². The molecule has 0 spiro atoms. The summed E-state index contributed by atoms with van der Waals surface area (Å²) in [4.78, 5) is 40.2. The first-order valence-corrected chi connectivity index (χ1v) is 9.64. The Kier molecular flexibility index (Phi) is 9.22. The van der Waals surface area contributed by atoms with E-state index < -0.39 is 6.04 Å². The Labute approximate surface area is 157 Å². The second-order valence-electron chi connectivity index (χ2n) is 7.73. The third-order valence-electron chi connectivity index (χ3n) is 5.46. The van der Waals surface area contributed by atoms with Crippen molar-refractivity contribution >= 4 is 18.1 Å². The molecule has 2 N–H and O–H groups in total. The smallest absolute Gasteiger partial charge is 0.237 e. The van der Waals surface area contributed by atoms with Gasteiger partial charge in [0.25, 0.3) is 0 Å². The molecule has 0 aliphatic carbocycles. The lowest BCUT2D eigenvalue weighted by Crippen LogP contribution is -2.52. The third kappa shape index (κ3) is 6.36. The predicted molar refractivity (Wildman–Crippen MR) is 103 cm³/mol. The number of amides is 2. The summed E-state index contributed by atoms with van der Waals surface area (Å²) < 4.78 is 0. The number of likely N-dealkylation sites (N-methyl/N-ethyl adjacent to an activating group) is 1. The first-order valence-electron chi connectivity index (χ1n) is 9.64. The highest BCUT2D eigenvalue weighted by molar-refractivity contribution is 5.84. The fourth-order valence-electron chi connectivity index (χ4n) is 3.31. The van der Waals surface area contributed by atoms with Gasteiger partial charge in [0.05, 0.1) is 6.04 Å². The number of carbonyl (C=O) groups is 3. The summed E-state index contributed by atoms with van der Waals surface area (Å²) in [6.07, 6.45) is 3.90. The molecule has 7 heteroatoms. The molecule has 1 saturated heterocycles. The van der Waals surface area contributed by atoms with Gasteiger partial charge in [-0.05, 0) is 47.2 Å². The van der Waals surface area contributed by atoms with E-state index in [0.717, 1.165) is 12.8 Å². The Hall–Kier alpha value is -1.47. The van der Waals surface area contributed by atoms with Gasteiger partial charge in [-0.25, -0.2) is 0 Å². The fraction of sp³-hybridized carbons (Fsp3) is 0.842. The van der Waals surface area contributed by atoms with E-state index in [1.807, 2.05) is 13.8 Å². The number of nitrogens with zero attached hydrogens (tertiary/aromatic N) is 2. The van der Waals surface area contributed by atoms with Crippen molar-refractivity contribution in [2.75, 3.05) is 27.2 Å². The molecule has 0 saturated carbocycles. The van der Waals surface area contributed by atoms with Crippen LogP contribution in [0.3, 0.4) is 0 Å². The molecule has 7 nitrogen and oxygen atoms in total. The second-order valence-corrected chi connectivity index (χ2v) is 7.73. The average Bonchev–Trinajstić information content (AvgIpc) is 2.94. The quantitative estimate of drug-likeness (QED) is 0.553. The van der Waals surface area contributed by atoms with Crippen molar-refractivity contribution in [2.45, 2.75) is 71.1 Å². The zero-order valence-electron chi connectivity index (χ0n) is 17.1. The van der Waals surface area contributed by atoms with E-state index in [-0.39, 0.29) is 30.3 Å².